The normalized spacial score (nSPS) is 21.9. The van der Waals surface area contributed by atoms with Gasteiger partial charge in [0.15, 0.2) is 11.5 Å². The summed E-state index contributed by atoms with van der Waals surface area (Å²) in [5.74, 6) is 1.40. The number of ether oxygens (including phenoxy) is 3. The van der Waals surface area contributed by atoms with Crippen LogP contribution >= 0.6 is 23.2 Å². The van der Waals surface area contributed by atoms with E-state index in [0.717, 1.165) is 5.56 Å². The summed E-state index contributed by atoms with van der Waals surface area (Å²) in [7, 11) is 4.62. The van der Waals surface area contributed by atoms with E-state index in [4.69, 9.17) is 37.4 Å². The molecular weight excluding hydrogens is 329 g/mol. The first-order valence-corrected chi connectivity index (χ1v) is 7.49. The summed E-state index contributed by atoms with van der Waals surface area (Å²) in [5.41, 5.74) is 0.0818. The molecule has 22 heavy (non-hydrogen) atoms. The summed E-state index contributed by atoms with van der Waals surface area (Å²) in [6.45, 7) is 2.06. The van der Waals surface area contributed by atoms with Gasteiger partial charge in [0.05, 0.1) is 26.7 Å². The van der Waals surface area contributed by atoms with Gasteiger partial charge in [0, 0.05) is 6.54 Å². The minimum Gasteiger partial charge on any atom is -0.493 e. The highest BCUT2D eigenvalue weighted by Crippen LogP contribution is 2.63. The Morgan fingerprint density at radius 3 is 2.05 bits per heavy atom. The molecular formula is C15H19Cl2NO4. The first-order chi connectivity index (χ1) is 10.3. The van der Waals surface area contributed by atoms with Gasteiger partial charge in [0.2, 0.25) is 11.7 Å². The van der Waals surface area contributed by atoms with Gasteiger partial charge in [-0.2, -0.15) is 0 Å². The maximum Gasteiger partial charge on any atom is 0.229 e. The van der Waals surface area contributed by atoms with Crippen molar-refractivity contribution >= 4 is 29.1 Å². The highest BCUT2D eigenvalue weighted by molar-refractivity contribution is 6.53. The first-order valence-electron chi connectivity index (χ1n) is 6.74. The van der Waals surface area contributed by atoms with Gasteiger partial charge >= 0.3 is 0 Å². The number of rotatable bonds is 6. The van der Waals surface area contributed by atoms with Crippen molar-refractivity contribution in [1.82, 2.24) is 5.32 Å². The molecule has 1 aliphatic rings. The van der Waals surface area contributed by atoms with Crippen molar-refractivity contribution in [3.8, 4) is 17.2 Å². The molecule has 0 bridgehead atoms. The van der Waals surface area contributed by atoms with Crippen molar-refractivity contribution in [3.63, 3.8) is 0 Å². The Morgan fingerprint density at radius 1 is 1.18 bits per heavy atom. The lowest BCUT2D eigenvalue weighted by Gasteiger charge is -2.16. The van der Waals surface area contributed by atoms with Gasteiger partial charge in [-0.1, -0.05) is 0 Å². The van der Waals surface area contributed by atoms with E-state index in [2.05, 4.69) is 5.32 Å². The van der Waals surface area contributed by atoms with Gasteiger partial charge in [-0.05, 0) is 31.0 Å². The smallest absolute Gasteiger partial charge is 0.229 e. The molecule has 1 N–H and O–H groups in total. The maximum atomic E-state index is 12.2. The Bertz CT molecular complexity index is 566. The molecule has 1 saturated carbocycles. The van der Waals surface area contributed by atoms with Crippen molar-refractivity contribution in [1.29, 1.82) is 0 Å². The topological polar surface area (TPSA) is 56.8 Å². The van der Waals surface area contributed by atoms with E-state index in [-0.39, 0.29) is 5.91 Å². The SMILES string of the molecule is COc1cc(CNC(=O)C2(C)CC2(Cl)Cl)cc(OC)c1OC. The fourth-order valence-electron chi connectivity index (χ4n) is 2.26. The van der Waals surface area contributed by atoms with E-state index in [1.807, 2.05) is 0 Å². The zero-order valence-electron chi connectivity index (χ0n) is 13.0. The summed E-state index contributed by atoms with van der Waals surface area (Å²) in [5, 5.41) is 2.84. The average molecular weight is 348 g/mol. The molecule has 0 heterocycles. The third-order valence-electron chi connectivity index (χ3n) is 3.94. The minimum atomic E-state index is -0.980. The number of amides is 1. The molecule has 0 radical (unpaired) electrons. The van der Waals surface area contributed by atoms with Crippen molar-refractivity contribution in [2.45, 2.75) is 24.2 Å². The van der Waals surface area contributed by atoms with Gasteiger partial charge in [-0.15, -0.1) is 23.2 Å². The van der Waals surface area contributed by atoms with Crippen LogP contribution in [0.4, 0.5) is 0 Å². The predicted molar refractivity (Wildman–Crippen MR) is 85.1 cm³/mol. The number of carbonyl (C=O) groups excluding carboxylic acids is 1. The molecule has 1 aromatic carbocycles. The second-order valence-electron chi connectivity index (χ2n) is 5.43. The fourth-order valence-corrected chi connectivity index (χ4v) is 2.97. The molecule has 1 atom stereocenters. The highest BCUT2D eigenvalue weighted by atomic mass is 35.5. The van der Waals surface area contributed by atoms with Crippen LogP contribution < -0.4 is 19.5 Å². The van der Waals surface area contributed by atoms with Crippen LogP contribution in [0.3, 0.4) is 0 Å². The van der Waals surface area contributed by atoms with Crippen LogP contribution in [-0.2, 0) is 11.3 Å². The largest absolute Gasteiger partial charge is 0.493 e. The van der Waals surface area contributed by atoms with E-state index in [1.54, 1.807) is 33.3 Å². The number of carbonyl (C=O) groups is 1. The first kappa shape index (κ1) is 17.0. The number of hydrogen-bond acceptors (Lipinski definition) is 4. The molecule has 0 saturated heterocycles. The van der Waals surface area contributed by atoms with Crippen LogP contribution in [-0.4, -0.2) is 31.6 Å². The monoisotopic (exact) mass is 347 g/mol. The van der Waals surface area contributed by atoms with E-state index in [1.165, 1.54) is 7.11 Å². The molecule has 122 valence electrons. The molecule has 1 aliphatic carbocycles. The molecule has 0 aromatic heterocycles. The Labute approximate surface area is 139 Å². The third-order valence-corrected chi connectivity index (χ3v) is 5.04. The lowest BCUT2D eigenvalue weighted by Crippen LogP contribution is -2.32. The van der Waals surface area contributed by atoms with Gasteiger partial charge in [0.25, 0.3) is 0 Å². The summed E-state index contributed by atoms with van der Waals surface area (Å²) < 4.78 is 14.8. The molecule has 5 nitrogen and oxygen atoms in total. The number of methoxy groups -OCH3 is 3. The number of nitrogens with one attached hydrogen (secondary N) is 1. The zero-order chi connectivity index (χ0) is 16.5. The van der Waals surface area contributed by atoms with E-state index >= 15 is 0 Å². The number of hydrogen-bond donors (Lipinski definition) is 1. The fraction of sp³-hybridized carbons (Fsp3) is 0.533. The zero-order valence-corrected chi connectivity index (χ0v) is 14.5. The molecule has 7 heteroatoms. The van der Waals surface area contributed by atoms with Crippen LogP contribution in [0, 0.1) is 5.41 Å². The minimum absolute atomic E-state index is 0.175. The molecule has 1 amide bonds. The Balaban J connectivity index is 2.12. The quantitative estimate of drug-likeness (QED) is 0.804. The Kier molecular flexibility index (Phi) is 4.68. The van der Waals surface area contributed by atoms with Crippen LogP contribution in [0.1, 0.15) is 18.9 Å². The number of benzene rings is 1. The summed E-state index contributed by atoms with van der Waals surface area (Å²) in [6, 6.07) is 3.57. The average Bonchev–Trinajstić information content (AvgIpc) is 3.03. The van der Waals surface area contributed by atoms with Gasteiger partial charge in [-0.3, -0.25) is 4.79 Å². The molecule has 1 aromatic rings. The molecule has 0 aliphatic heterocycles. The molecule has 2 rings (SSSR count). The summed E-state index contributed by atoms with van der Waals surface area (Å²) >= 11 is 12.0. The van der Waals surface area contributed by atoms with Crippen molar-refractivity contribution in [2.75, 3.05) is 21.3 Å². The molecule has 0 spiro atoms. The number of halogens is 2. The second kappa shape index (κ2) is 6.05. The summed E-state index contributed by atoms with van der Waals surface area (Å²) in [4.78, 5) is 12.2. The Morgan fingerprint density at radius 2 is 1.68 bits per heavy atom. The van der Waals surface area contributed by atoms with Crippen LogP contribution in [0.2, 0.25) is 0 Å². The second-order valence-corrected chi connectivity index (χ2v) is 6.91. The van der Waals surface area contributed by atoms with Crippen LogP contribution in [0.5, 0.6) is 17.2 Å². The van der Waals surface area contributed by atoms with Crippen molar-refractivity contribution in [2.24, 2.45) is 5.41 Å². The number of alkyl halides is 2. The van der Waals surface area contributed by atoms with Crippen molar-refractivity contribution in [3.05, 3.63) is 17.7 Å². The van der Waals surface area contributed by atoms with Gasteiger partial charge in [0.1, 0.15) is 4.33 Å². The van der Waals surface area contributed by atoms with Crippen LogP contribution in [0.15, 0.2) is 12.1 Å². The maximum absolute atomic E-state index is 12.2. The van der Waals surface area contributed by atoms with Crippen LogP contribution in [0.25, 0.3) is 0 Å². The van der Waals surface area contributed by atoms with E-state index in [9.17, 15) is 4.79 Å². The van der Waals surface area contributed by atoms with Gasteiger partial charge < -0.3 is 19.5 Å². The van der Waals surface area contributed by atoms with Gasteiger partial charge in [-0.25, -0.2) is 0 Å². The van der Waals surface area contributed by atoms with Crippen molar-refractivity contribution < 1.29 is 19.0 Å². The third kappa shape index (κ3) is 2.92. The molecule has 1 fully saturated rings. The van der Waals surface area contributed by atoms with E-state index < -0.39 is 9.75 Å². The lowest BCUT2D eigenvalue weighted by atomic mass is 10.1. The predicted octanol–water partition coefficient (Wildman–Crippen LogP) is 2.91. The highest BCUT2D eigenvalue weighted by Gasteiger charge is 2.67. The Hall–Kier alpha value is -1.33. The molecule has 1 unspecified atom stereocenters. The summed E-state index contributed by atoms with van der Waals surface area (Å²) in [6.07, 6.45) is 0.449. The standard InChI is InChI=1S/C15H19Cl2NO4/c1-14(8-15(14,16)17)13(19)18-7-9-5-10(20-2)12(22-4)11(6-9)21-3/h5-6H,7-8H2,1-4H3,(H,18,19). The van der Waals surface area contributed by atoms with E-state index in [0.29, 0.717) is 30.2 Å². The lowest BCUT2D eigenvalue weighted by molar-refractivity contribution is -0.125.